The van der Waals surface area contributed by atoms with E-state index in [4.69, 9.17) is 15.0 Å². The number of aromatic nitrogens is 4. The second-order valence-electron chi connectivity index (χ2n) is 12.2. The maximum Gasteiger partial charge on any atom is 0.166 e. The van der Waals surface area contributed by atoms with E-state index in [2.05, 4.69) is 83.4 Å². The molecule has 0 amide bonds. The Labute approximate surface area is 288 Å². The average Bonchev–Trinajstić information content (AvgIpc) is 3.52. The van der Waals surface area contributed by atoms with Gasteiger partial charge in [-0.15, -0.1) is 0 Å². The molecule has 5 heteroatoms. The van der Waals surface area contributed by atoms with Gasteiger partial charge in [-0.2, -0.15) is 0 Å². The Morgan fingerprint density at radius 2 is 0.880 bits per heavy atom. The highest BCUT2D eigenvalue weighted by molar-refractivity contribution is 6.10. The largest absolute Gasteiger partial charge is 0.308 e. The predicted octanol–water partition coefficient (Wildman–Crippen LogP) is 11.4. The lowest BCUT2D eigenvalue weighted by molar-refractivity contribution is 0.628. The molecule has 2 aromatic heterocycles. The molecular weight excluding hydrogens is 616 g/mol. The normalized spacial score (nSPS) is 11.3. The van der Waals surface area contributed by atoms with E-state index in [0.717, 1.165) is 66.4 Å². The summed E-state index contributed by atoms with van der Waals surface area (Å²) < 4.78 is 16.9. The highest BCUT2D eigenvalue weighted by Gasteiger charge is 2.21. The van der Waals surface area contributed by atoms with E-state index in [1.807, 2.05) is 78.9 Å². The fourth-order valence-electron chi connectivity index (χ4n) is 6.72. The van der Waals surface area contributed by atoms with Crippen molar-refractivity contribution in [3.05, 3.63) is 182 Å². The van der Waals surface area contributed by atoms with Crippen molar-refractivity contribution in [3.63, 3.8) is 0 Å². The molecule has 0 aliphatic heterocycles. The lowest BCUT2D eigenvalue weighted by Crippen LogP contribution is -2.04. The summed E-state index contributed by atoms with van der Waals surface area (Å²) in [5.41, 5.74) is 9.52. The number of halogens is 1. The summed E-state index contributed by atoms with van der Waals surface area (Å²) in [6.45, 7) is 0. The third-order valence-corrected chi connectivity index (χ3v) is 9.12. The lowest BCUT2D eigenvalue weighted by atomic mass is 10.0. The summed E-state index contributed by atoms with van der Waals surface area (Å²) in [5, 5.41) is 2.27. The van der Waals surface area contributed by atoms with Crippen LogP contribution in [0.1, 0.15) is 0 Å². The molecule has 0 aliphatic rings. The summed E-state index contributed by atoms with van der Waals surface area (Å²) in [7, 11) is 0. The summed E-state index contributed by atoms with van der Waals surface area (Å²) in [5.74, 6) is 1.44. The molecule has 0 atom stereocenters. The zero-order chi connectivity index (χ0) is 33.4. The number of hydrogen-bond donors (Lipinski definition) is 0. The summed E-state index contributed by atoms with van der Waals surface area (Å²) >= 11 is 0. The molecule has 9 rings (SSSR count). The van der Waals surface area contributed by atoms with Gasteiger partial charge in [-0.3, -0.25) is 0 Å². The highest BCUT2D eigenvalue weighted by Crippen LogP contribution is 2.39. The van der Waals surface area contributed by atoms with Crippen LogP contribution in [0.15, 0.2) is 176 Å². The number of hydrogen-bond acceptors (Lipinski definition) is 3. The van der Waals surface area contributed by atoms with Crippen LogP contribution in [0.25, 0.3) is 83.9 Å². The molecule has 0 unspecified atom stereocenters. The van der Waals surface area contributed by atoms with Gasteiger partial charge in [0.1, 0.15) is 5.82 Å². The van der Waals surface area contributed by atoms with Crippen LogP contribution in [0.3, 0.4) is 0 Å². The first-order chi connectivity index (χ1) is 24.7. The van der Waals surface area contributed by atoms with Gasteiger partial charge in [-0.1, -0.05) is 140 Å². The van der Waals surface area contributed by atoms with Crippen molar-refractivity contribution in [2.45, 2.75) is 0 Å². The number of nitrogens with zero attached hydrogens (tertiary/aromatic N) is 4. The third kappa shape index (κ3) is 5.31. The Hall–Kier alpha value is -6.72. The van der Waals surface area contributed by atoms with Gasteiger partial charge < -0.3 is 4.57 Å². The minimum atomic E-state index is -0.282. The molecule has 7 aromatic carbocycles. The summed E-state index contributed by atoms with van der Waals surface area (Å²) in [6.07, 6.45) is 0. The van der Waals surface area contributed by atoms with Crippen LogP contribution in [0.5, 0.6) is 0 Å². The van der Waals surface area contributed by atoms with E-state index in [9.17, 15) is 4.39 Å². The average molecular weight is 645 g/mol. The SMILES string of the molecule is Fc1cccc(-c2ccc(-c3nc(-c4ccccc4)nc(-c4ccccc4)n3)c(-n3c4ccccc4c4ccc(-c5ccccc5)cc43)c2)c1. The fraction of sp³-hybridized carbons (Fsp3) is 0. The molecule has 0 saturated heterocycles. The molecule has 0 bridgehead atoms. The Bertz CT molecular complexity index is 2590. The first-order valence-corrected chi connectivity index (χ1v) is 16.6. The quantitative estimate of drug-likeness (QED) is 0.181. The van der Waals surface area contributed by atoms with Crippen molar-refractivity contribution >= 4 is 21.8 Å². The van der Waals surface area contributed by atoms with Crippen LogP contribution in [0.4, 0.5) is 4.39 Å². The third-order valence-electron chi connectivity index (χ3n) is 9.12. The molecule has 50 heavy (non-hydrogen) atoms. The van der Waals surface area contributed by atoms with E-state index in [-0.39, 0.29) is 5.82 Å². The number of benzene rings is 7. The second-order valence-corrected chi connectivity index (χ2v) is 12.2. The maximum absolute atomic E-state index is 14.6. The number of para-hydroxylation sites is 1. The Balaban J connectivity index is 1.37. The van der Waals surface area contributed by atoms with Crippen LogP contribution < -0.4 is 0 Å². The van der Waals surface area contributed by atoms with Gasteiger partial charge in [-0.25, -0.2) is 19.3 Å². The van der Waals surface area contributed by atoms with Gasteiger partial charge in [0.25, 0.3) is 0 Å². The van der Waals surface area contributed by atoms with Crippen LogP contribution in [0, 0.1) is 5.82 Å². The van der Waals surface area contributed by atoms with E-state index in [1.54, 1.807) is 12.1 Å². The van der Waals surface area contributed by atoms with Crippen LogP contribution >= 0.6 is 0 Å². The molecule has 236 valence electrons. The number of rotatable bonds is 6. The van der Waals surface area contributed by atoms with Crippen molar-refractivity contribution in [1.29, 1.82) is 0 Å². The Kier molecular flexibility index (Phi) is 7.29. The van der Waals surface area contributed by atoms with Crippen LogP contribution in [-0.4, -0.2) is 19.5 Å². The van der Waals surface area contributed by atoms with E-state index < -0.39 is 0 Å². The van der Waals surface area contributed by atoms with Crippen LogP contribution in [0.2, 0.25) is 0 Å². The van der Waals surface area contributed by atoms with Gasteiger partial charge >= 0.3 is 0 Å². The minimum Gasteiger partial charge on any atom is -0.308 e. The van der Waals surface area contributed by atoms with Crippen molar-refractivity contribution in [2.24, 2.45) is 0 Å². The highest BCUT2D eigenvalue weighted by atomic mass is 19.1. The molecule has 0 aliphatic carbocycles. The minimum absolute atomic E-state index is 0.282. The molecule has 0 radical (unpaired) electrons. The van der Waals surface area contributed by atoms with E-state index in [0.29, 0.717) is 17.5 Å². The molecule has 0 N–H and O–H groups in total. The van der Waals surface area contributed by atoms with Crippen molar-refractivity contribution in [1.82, 2.24) is 19.5 Å². The number of fused-ring (bicyclic) bond motifs is 3. The topological polar surface area (TPSA) is 43.6 Å². The van der Waals surface area contributed by atoms with Gasteiger partial charge in [0, 0.05) is 27.5 Å². The van der Waals surface area contributed by atoms with E-state index >= 15 is 0 Å². The smallest absolute Gasteiger partial charge is 0.166 e. The molecule has 0 saturated carbocycles. The van der Waals surface area contributed by atoms with Gasteiger partial charge in [0.2, 0.25) is 0 Å². The molecule has 0 spiro atoms. The zero-order valence-corrected chi connectivity index (χ0v) is 26.9. The molecular formula is C45H29FN4. The standard InChI is InChI=1S/C45H29FN4/c46-36-20-12-19-33(27-36)35-24-26-39(45-48-43(31-15-6-2-7-16-31)47-44(49-45)32-17-8-3-9-18-32)42(29-35)50-40-22-11-10-21-37(40)38-25-23-34(28-41(38)50)30-13-4-1-5-14-30/h1-29H. The molecule has 0 fully saturated rings. The maximum atomic E-state index is 14.6. The molecule has 4 nitrogen and oxygen atoms in total. The Morgan fingerprint density at radius 3 is 1.56 bits per heavy atom. The lowest BCUT2D eigenvalue weighted by Gasteiger charge is -2.17. The summed E-state index contributed by atoms with van der Waals surface area (Å²) in [6, 6.07) is 58.4. The first kappa shape index (κ1) is 29.4. The second kappa shape index (κ2) is 12.4. The fourth-order valence-corrected chi connectivity index (χ4v) is 6.72. The van der Waals surface area contributed by atoms with Crippen molar-refractivity contribution in [3.8, 4) is 62.1 Å². The van der Waals surface area contributed by atoms with E-state index in [1.165, 1.54) is 6.07 Å². The van der Waals surface area contributed by atoms with Gasteiger partial charge in [-0.05, 0) is 58.7 Å². The van der Waals surface area contributed by atoms with Crippen molar-refractivity contribution < 1.29 is 4.39 Å². The molecule has 2 heterocycles. The zero-order valence-electron chi connectivity index (χ0n) is 26.9. The monoisotopic (exact) mass is 644 g/mol. The predicted molar refractivity (Wildman–Crippen MR) is 201 cm³/mol. The summed E-state index contributed by atoms with van der Waals surface area (Å²) in [4.78, 5) is 15.2. The van der Waals surface area contributed by atoms with Crippen molar-refractivity contribution in [2.75, 3.05) is 0 Å². The van der Waals surface area contributed by atoms with Gasteiger partial charge in [0.05, 0.1) is 16.7 Å². The van der Waals surface area contributed by atoms with Gasteiger partial charge in [0.15, 0.2) is 17.5 Å². The first-order valence-electron chi connectivity index (χ1n) is 16.6. The van der Waals surface area contributed by atoms with Crippen LogP contribution in [-0.2, 0) is 0 Å². The Morgan fingerprint density at radius 1 is 0.360 bits per heavy atom. The molecule has 9 aromatic rings.